The van der Waals surface area contributed by atoms with E-state index >= 15 is 0 Å². The Morgan fingerprint density at radius 3 is 2.72 bits per heavy atom. The van der Waals surface area contributed by atoms with Crippen molar-refractivity contribution in [3.8, 4) is 5.75 Å². The number of anilines is 1. The second kappa shape index (κ2) is 6.73. The van der Waals surface area contributed by atoms with Crippen molar-refractivity contribution < 1.29 is 18.4 Å². The molecule has 0 heterocycles. The number of alkyl halides is 2. The molecular formula is C11H14F2N2O3. The van der Waals surface area contributed by atoms with Crippen LogP contribution in [0.1, 0.15) is 13.3 Å². The molecule has 0 aromatic heterocycles. The summed E-state index contributed by atoms with van der Waals surface area (Å²) in [5, 5.41) is 13.1. The Bertz CT molecular complexity index is 413. The fraction of sp³-hybridized carbons (Fsp3) is 0.455. The van der Waals surface area contributed by atoms with Crippen LogP contribution in [-0.4, -0.2) is 24.5 Å². The van der Waals surface area contributed by atoms with Gasteiger partial charge in [0.05, 0.1) is 24.1 Å². The lowest BCUT2D eigenvalue weighted by molar-refractivity contribution is -0.384. The number of nitro groups is 1. The van der Waals surface area contributed by atoms with Gasteiger partial charge in [0.2, 0.25) is 0 Å². The number of hydrogen-bond donors (Lipinski definition) is 1. The molecule has 0 bridgehead atoms. The zero-order valence-electron chi connectivity index (χ0n) is 9.86. The van der Waals surface area contributed by atoms with Crippen molar-refractivity contribution in [3.05, 3.63) is 28.3 Å². The van der Waals surface area contributed by atoms with E-state index in [2.05, 4.69) is 5.32 Å². The van der Waals surface area contributed by atoms with Crippen molar-refractivity contribution in [2.45, 2.75) is 19.8 Å². The lowest BCUT2D eigenvalue weighted by Gasteiger charge is -2.09. The fourth-order valence-corrected chi connectivity index (χ4v) is 1.29. The number of nitrogens with zero attached hydrogens (tertiary/aromatic N) is 1. The first kappa shape index (κ1) is 14.1. The Balaban J connectivity index is 2.87. The van der Waals surface area contributed by atoms with Gasteiger partial charge in [0, 0.05) is 17.8 Å². The number of benzene rings is 1. The van der Waals surface area contributed by atoms with Gasteiger partial charge >= 0.3 is 0 Å². The molecule has 1 aromatic carbocycles. The predicted molar refractivity (Wildman–Crippen MR) is 63.4 cm³/mol. The maximum absolute atomic E-state index is 12.1. The number of halogens is 2. The van der Waals surface area contributed by atoms with Gasteiger partial charge in [-0.15, -0.1) is 0 Å². The molecule has 0 aliphatic heterocycles. The fourth-order valence-electron chi connectivity index (χ4n) is 1.29. The monoisotopic (exact) mass is 260 g/mol. The van der Waals surface area contributed by atoms with Crippen molar-refractivity contribution >= 4 is 11.4 Å². The highest BCUT2D eigenvalue weighted by Gasteiger charge is 2.11. The van der Waals surface area contributed by atoms with E-state index in [1.165, 1.54) is 18.2 Å². The molecule has 0 spiro atoms. The van der Waals surface area contributed by atoms with Crippen LogP contribution in [-0.2, 0) is 0 Å². The first-order valence-corrected chi connectivity index (χ1v) is 5.47. The summed E-state index contributed by atoms with van der Waals surface area (Å²) in [7, 11) is 0. The Morgan fingerprint density at radius 2 is 2.17 bits per heavy atom. The van der Waals surface area contributed by atoms with Crippen LogP contribution < -0.4 is 10.1 Å². The standard InChI is InChI=1S/C11H14F2N2O3/c1-2-3-18-10-5-8(14-7-11(12)13)4-9(6-10)15(16)17/h4-6,11,14H,2-3,7H2,1H3. The lowest BCUT2D eigenvalue weighted by atomic mass is 10.2. The number of nitrogens with one attached hydrogen (secondary N) is 1. The summed E-state index contributed by atoms with van der Waals surface area (Å²) < 4.78 is 29.4. The smallest absolute Gasteiger partial charge is 0.275 e. The van der Waals surface area contributed by atoms with Crippen molar-refractivity contribution in [2.24, 2.45) is 0 Å². The number of hydrogen-bond acceptors (Lipinski definition) is 4. The lowest BCUT2D eigenvalue weighted by Crippen LogP contribution is -2.10. The molecule has 0 aliphatic carbocycles. The van der Waals surface area contributed by atoms with Gasteiger partial charge in [-0.05, 0) is 6.42 Å². The van der Waals surface area contributed by atoms with Gasteiger partial charge < -0.3 is 10.1 Å². The minimum absolute atomic E-state index is 0.194. The van der Waals surface area contributed by atoms with Crippen LogP contribution in [0.25, 0.3) is 0 Å². The van der Waals surface area contributed by atoms with E-state index in [4.69, 9.17) is 4.74 Å². The van der Waals surface area contributed by atoms with Crippen LogP contribution in [0.2, 0.25) is 0 Å². The third-order valence-corrected chi connectivity index (χ3v) is 2.04. The van der Waals surface area contributed by atoms with E-state index in [1.807, 2.05) is 6.92 Å². The Labute approximate surface area is 103 Å². The Kier molecular flexibility index (Phi) is 5.29. The van der Waals surface area contributed by atoms with Gasteiger partial charge in [0.1, 0.15) is 5.75 Å². The van der Waals surface area contributed by atoms with Gasteiger partial charge in [-0.3, -0.25) is 10.1 Å². The van der Waals surface area contributed by atoms with Gasteiger partial charge in [0.25, 0.3) is 12.1 Å². The molecule has 1 aromatic rings. The average molecular weight is 260 g/mol. The normalized spacial score (nSPS) is 10.4. The summed E-state index contributed by atoms with van der Waals surface area (Å²) in [6.45, 7) is 1.75. The SMILES string of the molecule is CCCOc1cc(NCC(F)F)cc([N+](=O)[O-])c1. The van der Waals surface area contributed by atoms with Crippen LogP contribution in [0.15, 0.2) is 18.2 Å². The summed E-state index contributed by atoms with van der Waals surface area (Å²) in [5.41, 5.74) is 0.0518. The molecule has 5 nitrogen and oxygen atoms in total. The molecule has 100 valence electrons. The molecular weight excluding hydrogens is 246 g/mol. The van der Waals surface area contributed by atoms with Gasteiger partial charge in [-0.1, -0.05) is 6.92 Å². The summed E-state index contributed by atoms with van der Waals surface area (Å²) in [6, 6.07) is 3.93. The molecule has 0 atom stereocenters. The van der Waals surface area contributed by atoms with Crippen LogP contribution in [0, 0.1) is 10.1 Å². The summed E-state index contributed by atoms with van der Waals surface area (Å²) >= 11 is 0. The van der Waals surface area contributed by atoms with Crippen LogP contribution >= 0.6 is 0 Å². The minimum Gasteiger partial charge on any atom is -0.493 e. The third kappa shape index (κ3) is 4.52. The molecule has 0 aliphatic rings. The molecule has 0 saturated heterocycles. The summed E-state index contributed by atoms with van der Waals surface area (Å²) in [5.74, 6) is 0.294. The second-order valence-electron chi connectivity index (χ2n) is 3.59. The van der Waals surface area contributed by atoms with Crippen molar-refractivity contribution in [1.29, 1.82) is 0 Å². The molecule has 7 heteroatoms. The first-order chi connectivity index (χ1) is 8.52. The zero-order valence-corrected chi connectivity index (χ0v) is 9.86. The maximum Gasteiger partial charge on any atom is 0.275 e. The molecule has 0 unspecified atom stereocenters. The Hall–Kier alpha value is -1.92. The molecule has 1 N–H and O–H groups in total. The zero-order chi connectivity index (χ0) is 13.5. The van der Waals surface area contributed by atoms with Crippen LogP contribution in [0.5, 0.6) is 5.75 Å². The van der Waals surface area contributed by atoms with E-state index in [0.29, 0.717) is 12.4 Å². The number of nitro benzene ring substituents is 1. The highest BCUT2D eigenvalue weighted by atomic mass is 19.3. The number of non-ortho nitro benzene ring substituents is 1. The van der Waals surface area contributed by atoms with Gasteiger partial charge in [0.15, 0.2) is 0 Å². The number of rotatable bonds is 7. The Morgan fingerprint density at radius 1 is 1.44 bits per heavy atom. The molecule has 0 saturated carbocycles. The van der Waals surface area contributed by atoms with E-state index in [0.717, 1.165) is 6.42 Å². The predicted octanol–water partition coefficient (Wildman–Crippen LogP) is 3.06. The van der Waals surface area contributed by atoms with E-state index in [1.54, 1.807) is 0 Å². The topological polar surface area (TPSA) is 64.4 Å². The number of ether oxygens (including phenoxy) is 1. The van der Waals surface area contributed by atoms with E-state index < -0.39 is 17.9 Å². The molecule has 0 radical (unpaired) electrons. The van der Waals surface area contributed by atoms with Crippen molar-refractivity contribution in [2.75, 3.05) is 18.5 Å². The largest absolute Gasteiger partial charge is 0.493 e. The molecule has 1 rings (SSSR count). The average Bonchev–Trinajstić information content (AvgIpc) is 2.33. The minimum atomic E-state index is -2.52. The van der Waals surface area contributed by atoms with Crippen molar-refractivity contribution in [1.82, 2.24) is 0 Å². The first-order valence-electron chi connectivity index (χ1n) is 5.47. The van der Waals surface area contributed by atoms with Crippen LogP contribution in [0.3, 0.4) is 0 Å². The quantitative estimate of drug-likeness (QED) is 0.604. The van der Waals surface area contributed by atoms with Gasteiger partial charge in [-0.25, -0.2) is 8.78 Å². The van der Waals surface area contributed by atoms with Gasteiger partial charge in [-0.2, -0.15) is 0 Å². The highest BCUT2D eigenvalue weighted by molar-refractivity contribution is 5.56. The molecule has 0 amide bonds. The molecule has 18 heavy (non-hydrogen) atoms. The highest BCUT2D eigenvalue weighted by Crippen LogP contribution is 2.26. The molecule has 0 fully saturated rings. The van der Waals surface area contributed by atoms with Crippen LogP contribution in [0.4, 0.5) is 20.2 Å². The van der Waals surface area contributed by atoms with E-state index in [-0.39, 0.29) is 11.4 Å². The second-order valence-corrected chi connectivity index (χ2v) is 3.59. The van der Waals surface area contributed by atoms with E-state index in [9.17, 15) is 18.9 Å². The van der Waals surface area contributed by atoms with Crippen molar-refractivity contribution in [3.63, 3.8) is 0 Å². The maximum atomic E-state index is 12.1. The third-order valence-electron chi connectivity index (χ3n) is 2.04. The summed E-state index contributed by atoms with van der Waals surface area (Å²) in [6.07, 6.45) is -1.77. The summed E-state index contributed by atoms with van der Waals surface area (Å²) in [4.78, 5) is 10.1.